The molecule has 1 N–H and O–H groups in total. The second kappa shape index (κ2) is 6.56. The Morgan fingerprint density at radius 1 is 1.52 bits per heavy atom. The third kappa shape index (κ3) is 3.40. The molecule has 1 aromatic carbocycles. The van der Waals surface area contributed by atoms with Gasteiger partial charge in [-0.05, 0) is 50.4 Å². The van der Waals surface area contributed by atoms with Crippen LogP contribution in [0.5, 0.6) is 0 Å². The monoisotopic (exact) mass is 318 g/mol. The Hall–Kier alpha value is -1.48. The molecule has 2 fully saturated rings. The van der Waals surface area contributed by atoms with Gasteiger partial charge in [0.05, 0.1) is 17.8 Å². The van der Waals surface area contributed by atoms with E-state index in [4.69, 9.17) is 10.00 Å². The van der Waals surface area contributed by atoms with Crippen molar-refractivity contribution in [2.45, 2.75) is 44.4 Å². The van der Waals surface area contributed by atoms with Crippen LogP contribution in [0.1, 0.15) is 37.3 Å². The first-order valence-corrected chi connectivity index (χ1v) is 8.24. The molecule has 0 radical (unpaired) electrons. The zero-order valence-corrected chi connectivity index (χ0v) is 13.5. The first-order chi connectivity index (χ1) is 11.0. The molecule has 2 aliphatic rings. The van der Waals surface area contributed by atoms with Crippen LogP contribution in [-0.4, -0.2) is 41.4 Å². The molecule has 3 rings (SSSR count). The molecule has 0 aliphatic carbocycles. The highest BCUT2D eigenvalue weighted by atomic mass is 19.1. The topological polar surface area (TPSA) is 56.5 Å². The van der Waals surface area contributed by atoms with Gasteiger partial charge < -0.3 is 9.84 Å². The average Bonchev–Trinajstić information content (AvgIpc) is 2.95. The van der Waals surface area contributed by atoms with Crippen molar-refractivity contribution in [1.29, 1.82) is 5.26 Å². The second-order valence-electron chi connectivity index (χ2n) is 6.89. The van der Waals surface area contributed by atoms with Crippen molar-refractivity contribution in [1.82, 2.24) is 4.90 Å². The number of hydrogen-bond donors (Lipinski definition) is 1. The van der Waals surface area contributed by atoms with Crippen molar-refractivity contribution in [2.75, 3.05) is 19.8 Å². The molecule has 0 bridgehead atoms. The van der Waals surface area contributed by atoms with E-state index in [0.717, 1.165) is 24.9 Å². The predicted octanol–water partition coefficient (Wildman–Crippen LogP) is 2.45. The fourth-order valence-electron chi connectivity index (χ4n) is 3.87. The number of likely N-dealkylation sites (tertiary alicyclic amines) is 1. The standard InChI is InChI=1S/C18H23FN2O2/c1-18(22)6-8-23-12-15(18)17-3-2-7-21(17)11-13-4-5-14(10-20)16(19)9-13/h4-5,9,15,17,22H,2-3,6-8,11-12H2,1H3/t15-,17+,18-/m0/s1. The molecule has 0 aromatic heterocycles. The molecule has 0 saturated carbocycles. The quantitative estimate of drug-likeness (QED) is 0.930. The summed E-state index contributed by atoms with van der Waals surface area (Å²) in [5.41, 5.74) is 0.238. The van der Waals surface area contributed by atoms with Gasteiger partial charge in [0.2, 0.25) is 0 Å². The van der Waals surface area contributed by atoms with Gasteiger partial charge in [0.15, 0.2) is 0 Å². The van der Waals surface area contributed by atoms with E-state index in [1.165, 1.54) is 12.1 Å². The summed E-state index contributed by atoms with van der Waals surface area (Å²) in [6, 6.07) is 6.90. The van der Waals surface area contributed by atoms with Gasteiger partial charge in [-0.25, -0.2) is 4.39 Å². The minimum atomic E-state index is -0.707. The van der Waals surface area contributed by atoms with Gasteiger partial charge in [0.1, 0.15) is 11.9 Å². The first kappa shape index (κ1) is 16.4. The fraction of sp³-hybridized carbons (Fsp3) is 0.611. The van der Waals surface area contributed by atoms with Crippen LogP contribution in [0.25, 0.3) is 0 Å². The van der Waals surface area contributed by atoms with Crippen molar-refractivity contribution in [3.8, 4) is 6.07 Å². The molecule has 1 aromatic rings. The van der Waals surface area contributed by atoms with Crippen LogP contribution in [-0.2, 0) is 11.3 Å². The Morgan fingerprint density at radius 2 is 2.35 bits per heavy atom. The third-order valence-electron chi connectivity index (χ3n) is 5.27. The Balaban J connectivity index is 1.74. The normalized spacial score (nSPS) is 31.9. The number of nitriles is 1. The van der Waals surface area contributed by atoms with E-state index in [2.05, 4.69) is 4.90 Å². The SMILES string of the molecule is C[C@]1(O)CCOC[C@H]1[C@H]1CCCN1Cc1ccc(C#N)c(F)c1. The molecular weight excluding hydrogens is 295 g/mol. The van der Waals surface area contributed by atoms with Gasteiger partial charge >= 0.3 is 0 Å². The number of ether oxygens (including phenoxy) is 1. The minimum Gasteiger partial charge on any atom is -0.390 e. The summed E-state index contributed by atoms with van der Waals surface area (Å²) in [4.78, 5) is 2.31. The summed E-state index contributed by atoms with van der Waals surface area (Å²) >= 11 is 0. The number of rotatable bonds is 3. The Labute approximate surface area is 136 Å². The van der Waals surface area contributed by atoms with Crippen LogP contribution in [0.2, 0.25) is 0 Å². The predicted molar refractivity (Wildman–Crippen MR) is 84.1 cm³/mol. The maximum atomic E-state index is 13.8. The molecule has 2 aliphatic heterocycles. The van der Waals surface area contributed by atoms with E-state index < -0.39 is 11.4 Å². The number of nitrogens with zero attached hydrogens (tertiary/aromatic N) is 2. The molecule has 5 heteroatoms. The van der Waals surface area contributed by atoms with Crippen LogP contribution < -0.4 is 0 Å². The van der Waals surface area contributed by atoms with E-state index >= 15 is 0 Å². The van der Waals surface area contributed by atoms with E-state index in [1.54, 1.807) is 0 Å². The number of aliphatic hydroxyl groups is 1. The smallest absolute Gasteiger partial charge is 0.141 e. The maximum absolute atomic E-state index is 13.8. The minimum absolute atomic E-state index is 0.0790. The molecule has 2 heterocycles. The Bertz CT molecular complexity index is 612. The lowest BCUT2D eigenvalue weighted by atomic mass is 9.79. The molecule has 2 saturated heterocycles. The van der Waals surface area contributed by atoms with Crippen LogP contribution in [0.3, 0.4) is 0 Å². The van der Waals surface area contributed by atoms with Crippen molar-refractivity contribution >= 4 is 0 Å². The van der Waals surface area contributed by atoms with Crippen molar-refractivity contribution in [2.24, 2.45) is 5.92 Å². The highest BCUT2D eigenvalue weighted by Gasteiger charge is 2.43. The lowest BCUT2D eigenvalue weighted by Gasteiger charge is -2.43. The second-order valence-corrected chi connectivity index (χ2v) is 6.89. The van der Waals surface area contributed by atoms with Crippen molar-refractivity contribution < 1.29 is 14.2 Å². The van der Waals surface area contributed by atoms with Crippen LogP contribution in [0, 0.1) is 23.1 Å². The molecule has 0 spiro atoms. The molecular formula is C18H23FN2O2. The van der Waals surface area contributed by atoms with Gasteiger partial charge in [0, 0.05) is 25.1 Å². The van der Waals surface area contributed by atoms with Crippen LogP contribution in [0.4, 0.5) is 4.39 Å². The summed E-state index contributed by atoms with van der Waals surface area (Å²) in [5.74, 6) is -0.379. The Morgan fingerprint density at radius 3 is 3.04 bits per heavy atom. The number of halogens is 1. The van der Waals surface area contributed by atoms with E-state index in [-0.39, 0.29) is 17.5 Å². The third-order valence-corrected chi connectivity index (χ3v) is 5.27. The summed E-state index contributed by atoms with van der Waals surface area (Å²) in [6.07, 6.45) is 2.77. The van der Waals surface area contributed by atoms with Crippen LogP contribution >= 0.6 is 0 Å². The van der Waals surface area contributed by atoms with Crippen LogP contribution in [0.15, 0.2) is 18.2 Å². The van der Waals surface area contributed by atoms with Crippen molar-refractivity contribution in [3.05, 3.63) is 35.1 Å². The van der Waals surface area contributed by atoms with E-state index in [0.29, 0.717) is 26.2 Å². The molecule has 0 unspecified atom stereocenters. The zero-order chi connectivity index (χ0) is 16.4. The van der Waals surface area contributed by atoms with Gasteiger partial charge in [0.25, 0.3) is 0 Å². The molecule has 124 valence electrons. The lowest BCUT2D eigenvalue weighted by molar-refractivity contribution is -0.123. The highest BCUT2D eigenvalue weighted by molar-refractivity contribution is 5.33. The van der Waals surface area contributed by atoms with E-state index in [9.17, 15) is 9.50 Å². The largest absolute Gasteiger partial charge is 0.390 e. The van der Waals surface area contributed by atoms with Crippen molar-refractivity contribution in [3.63, 3.8) is 0 Å². The molecule has 23 heavy (non-hydrogen) atoms. The average molecular weight is 318 g/mol. The summed E-state index contributed by atoms with van der Waals surface area (Å²) < 4.78 is 19.4. The maximum Gasteiger partial charge on any atom is 0.141 e. The number of hydrogen-bond acceptors (Lipinski definition) is 4. The summed E-state index contributed by atoms with van der Waals surface area (Å²) in [5, 5.41) is 19.5. The lowest BCUT2D eigenvalue weighted by Crippen LogP contribution is -2.52. The van der Waals surface area contributed by atoms with Gasteiger partial charge in [-0.15, -0.1) is 0 Å². The molecule has 4 nitrogen and oxygen atoms in total. The summed E-state index contributed by atoms with van der Waals surface area (Å²) in [7, 11) is 0. The fourth-order valence-corrected chi connectivity index (χ4v) is 3.87. The summed E-state index contributed by atoms with van der Waals surface area (Å²) in [6.45, 7) is 4.67. The van der Waals surface area contributed by atoms with Gasteiger partial charge in [-0.1, -0.05) is 6.07 Å². The highest BCUT2D eigenvalue weighted by Crippen LogP contribution is 2.36. The number of benzene rings is 1. The van der Waals surface area contributed by atoms with Gasteiger partial charge in [-0.3, -0.25) is 4.90 Å². The zero-order valence-electron chi connectivity index (χ0n) is 13.5. The Kier molecular flexibility index (Phi) is 4.67. The first-order valence-electron chi connectivity index (χ1n) is 8.24. The van der Waals surface area contributed by atoms with E-state index in [1.807, 2.05) is 19.1 Å². The molecule has 0 amide bonds. The molecule has 3 atom stereocenters. The van der Waals surface area contributed by atoms with Gasteiger partial charge in [-0.2, -0.15) is 5.26 Å².